The summed E-state index contributed by atoms with van der Waals surface area (Å²) in [7, 11) is 0. The summed E-state index contributed by atoms with van der Waals surface area (Å²) in [5.74, 6) is -0.902. The van der Waals surface area contributed by atoms with Gasteiger partial charge in [-0.2, -0.15) is 0 Å². The first-order valence-corrected chi connectivity index (χ1v) is 7.73. The molecule has 25 heavy (non-hydrogen) atoms. The van der Waals surface area contributed by atoms with E-state index in [2.05, 4.69) is 10.9 Å². The Kier molecular flexibility index (Phi) is 6.54. The SMILES string of the molecule is Cc1cc(OCC(=O)NNC(=O)/C=C/c2ccc(F)cc2)ccc1Cl. The lowest BCUT2D eigenvalue weighted by atomic mass is 10.2. The third-order valence-corrected chi connectivity index (χ3v) is 3.55. The number of rotatable bonds is 5. The smallest absolute Gasteiger partial charge is 0.276 e. The maximum atomic E-state index is 12.8. The Labute approximate surface area is 149 Å². The number of hydrogen-bond donors (Lipinski definition) is 2. The number of carbonyl (C=O) groups excluding carboxylic acids is 2. The average Bonchev–Trinajstić information content (AvgIpc) is 2.60. The van der Waals surface area contributed by atoms with E-state index in [4.69, 9.17) is 16.3 Å². The Morgan fingerprint density at radius 2 is 1.88 bits per heavy atom. The number of halogens is 2. The van der Waals surface area contributed by atoms with Gasteiger partial charge in [0.25, 0.3) is 11.8 Å². The topological polar surface area (TPSA) is 67.4 Å². The van der Waals surface area contributed by atoms with Gasteiger partial charge in [0.15, 0.2) is 6.61 Å². The van der Waals surface area contributed by atoms with E-state index in [9.17, 15) is 14.0 Å². The van der Waals surface area contributed by atoms with E-state index in [1.165, 1.54) is 36.4 Å². The molecule has 0 saturated heterocycles. The van der Waals surface area contributed by atoms with Crippen LogP contribution in [0.15, 0.2) is 48.5 Å². The molecule has 2 rings (SSSR count). The van der Waals surface area contributed by atoms with E-state index < -0.39 is 11.8 Å². The van der Waals surface area contributed by atoms with Crippen LogP contribution >= 0.6 is 11.6 Å². The van der Waals surface area contributed by atoms with Gasteiger partial charge in [-0.3, -0.25) is 20.4 Å². The maximum Gasteiger partial charge on any atom is 0.276 e. The van der Waals surface area contributed by atoms with Gasteiger partial charge >= 0.3 is 0 Å². The molecule has 0 bridgehead atoms. The quantitative estimate of drug-likeness (QED) is 0.634. The molecule has 0 spiro atoms. The first kappa shape index (κ1) is 18.5. The summed E-state index contributed by atoms with van der Waals surface area (Å²) in [5, 5.41) is 0.608. The maximum absolute atomic E-state index is 12.8. The minimum Gasteiger partial charge on any atom is -0.484 e. The molecule has 5 nitrogen and oxygen atoms in total. The van der Waals surface area contributed by atoms with Crippen LogP contribution in [0.4, 0.5) is 4.39 Å². The van der Waals surface area contributed by atoms with Crippen molar-refractivity contribution >= 4 is 29.5 Å². The molecule has 2 amide bonds. The van der Waals surface area contributed by atoms with Crippen molar-refractivity contribution < 1.29 is 18.7 Å². The molecule has 0 fully saturated rings. The molecule has 0 heterocycles. The molecule has 0 aliphatic rings. The second kappa shape index (κ2) is 8.84. The highest BCUT2D eigenvalue weighted by atomic mass is 35.5. The predicted octanol–water partition coefficient (Wildman–Crippen LogP) is 3.03. The van der Waals surface area contributed by atoms with Crippen molar-refractivity contribution in [2.75, 3.05) is 6.61 Å². The Morgan fingerprint density at radius 1 is 1.16 bits per heavy atom. The Hall–Kier alpha value is -2.86. The molecule has 0 aliphatic heterocycles. The van der Waals surface area contributed by atoms with Crippen LogP contribution in [0.2, 0.25) is 5.02 Å². The van der Waals surface area contributed by atoms with Gasteiger partial charge in [0, 0.05) is 11.1 Å². The summed E-state index contributed by atoms with van der Waals surface area (Å²) in [6.45, 7) is 1.56. The van der Waals surface area contributed by atoms with Gasteiger partial charge < -0.3 is 4.74 Å². The third kappa shape index (κ3) is 6.27. The Balaban J connectivity index is 1.74. The van der Waals surface area contributed by atoms with Crippen molar-refractivity contribution in [3.05, 3.63) is 70.5 Å². The number of hydrazine groups is 1. The molecule has 0 aliphatic carbocycles. The Bertz CT molecular complexity index is 791. The standard InChI is InChI=1S/C18H16ClFN2O3/c1-12-10-15(7-8-16(12)19)25-11-18(24)22-21-17(23)9-4-13-2-5-14(20)6-3-13/h2-10H,11H2,1H3,(H,21,23)(H,22,24)/b9-4+. The first-order valence-electron chi connectivity index (χ1n) is 7.35. The summed E-state index contributed by atoms with van der Waals surface area (Å²) >= 11 is 5.90. The van der Waals surface area contributed by atoms with Gasteiger partial charge in [-0.25, -0.2) is 4.39 Å². The van der Waals surface area contributed by atoms with Gasteiger partial charge in [0.1, 0.15) is 11.6 Å². The number of aryl methyl sites for hydroxylation is 1. The molecule has 130 valence electrons. The lowest BCUT2D eigenvalue weighted by Crippen LogP contribution is -2.43. The molecule has 0 atom stereocenters. The molecule has 0 radical (unpaired) electrons. The zero-order valence-corrected chi connectivity index (χ0v) is 14.1. The number of ether oxygens (including phenoxy) is 1. The monoisotopic (exact) mass is 362 g/mol. The van der Waals surface area contributed by atoms with Gasteiger partial charge in [-0.15, -0.1) is 0 Å². The van der Waals surface area contributed by atoms with Crippen molar-refractivity contribution in [1.82, 2.24) is 10.9 Å². The normalized spacial score (nSPS) is 10.5. The second-order valence-electron chi connectivity index (χ2n) is 5.12. The lowest BCUT2D eigenvalue weighted by Gasteiger charge is -2.08. The fraction of sp³-hybridized carbons (Fsp3) is 0.111. The third-order valence-electron chi connectivity index (χ3n) is 3.12. The largest absolute Gasteiger partial charge is 0.484 e. The minimum absolute atomic E-state index is 0.261. The van der Waals surface area contributed by atoms with Crippen LogP contribution in [-0.4, -0.2) is 18.4 Å². The fourth-order valence-electron chi connectivity index (χ4n) is 1.81. The highest BCUT2D eigenvalue weighted by Crippen LogP contribution is 2.20. The number of benzene rings is 2. The molecule has 0 saturated carbocycles. The summed E-state index contributed by atoms with van der Waals surface area (Å²) in [6, 6.07) is 10.7. The van der Waals surface area contributed by atoms with Crippen molar-refractivity contribution in [3.63, 3.8) is 0 Å². The van der Waals surface area contributed by atoms with E-state index in [0.717, 1.165) is 5.56 Å². The average molecular weight is 363 g/mol. The van der Waals surface area contributed by atoms with Crippen LogP contribution in [0.3, 0.4) is 0 Å². The summed E-state index contributed by atoms with van der Waals surface area (Å²) < 4.78 is 18.1. The van der Waals surface area contributed by atoms with Gasteiger partial charge in [0.2, 0.25) is 0 Å². The van der Waals surface area contributed by atoms with E-state index in [0.29, 0.717) is 16.3 Å². The van der Waals surface area contributed by atoms with Crippen LogP contribution in [0.1, 0.15) is 11.1 Å². The number of carbonyl (C=O) groups is 2. The minimum atomic E-state index is -0.528. The van der Waals surface area contributed by atoms with Crippen molar-refractivity contribution in [2.45, 2.75) is 6.92 Å². The van der Waals surface area contributed by atoms with E-state index in [1.54, 1.807) is 18.2 Å². The van der Waals surface area contributed by atoms with E-state index >= 15 is 0 Å². The number of nitrogens with one attached hydrogen (secondary N) is 2. The molecule has 7 heteroatoms. The zero-order chi connectivity index (χ0) is 18.2. The van der Waals surface area contributed by atoms with Gasteiger partial charge in [-0.05, 0) is 54.5 Å². The van der Waals surface area contributed by atoms with Gasteiger partial charge in [-0.1, -0.05) is 23.7 Å². The molecular formula is C18H16ClFN2O3. The molecule has 2 N–H and O–H groups in total. The first-order chi connectivity index (χ1) is 11.9. The summed E-state index contributed by atoms with van der Waals surface area (Å²) in [4.78, 5) is 23.2. The zero-order valence-electron chi connectivity index (χ0n) is 13.4. The summed E-state index contributed by atoms with van der Waals surface area (Å²) in [6.07, 6.45) is 2.71. The molecule has 2 aromatic carbocycles. The number of hydrogen-bond acceptors (Lipinski definition) is 3. The van der Waals surface area contributed by atoms with Crippen LogP contribution in [0.25, 0.3) is 6.08 Å². The van der Waals surface area contributed by atoms with Crippen LogP contribution in [0, 0.1) is 12.7 Å². The molecule has 2 aromatic rings. The van der Waals surface area contributed by atoms with Crippen molar-refractivity contribution in [2.24, 2.45) is 0 Å². The van der Waals surface area contributed by atoms with Crippen molar-refractivity contribution in [3.8, 4) is 5.75 Å². The summed E-state index contributed by atoms with van der Waals surface area (Å²) in [5.41, 5.74) is 5.93. The Morgan fingerprint density at radius 3 is 2.56 bits per heavy atom. The van der Waals surface area contributed by atoms with Gasteiger partial charge in [0.05, 0.1) is 0 Å². The molecular weight excluding hydrogens is 347 g/mol. The van der Waals surface area contributed by atoms with Crippen LogP contribution in [-0.2, 0) is 9.59 Å². The van der Waals surface area contributed by atoms with E-state index in [1.807, 2.05) is 6.92 Å². The molecule has 0 unspecified atom stereocenters. The van der Waals surface area contributed by atoms with Crippen LogP contribution < -0.4 is 15.6 Å². The van der Waals surface area contributed by atoms with Crippen molar-refractivity contribution in [1.29, 1.82) is 0 Å². The second-order valence-corrected chi connectivity index (χ2v) is 5.53. The fourth-order valence-corrected chi connectivity index (χ4v) is 1.93. The van der Waals surface area contributed by atoms with E-state index in [-0.39, 0.29) is 12.4 Å². The van der Waals surface area contributed by atoms with Crippen LogP contribution in [0.5, 0.6) is 5.75 Å². The highest BCUT2D eigenvalue weighted by Gasteiger charge is 2.05. The number of amides is 2. The lowest BCUT2D eigenvalue weighted by molar-refractivity contribution is -0.128. The highest BCUT2D eigenvalue weighted by molar-refractivity contribution is 6.31. The molecule has 0 aromatic heterocycles. The predicted molar refractivity (Wildman–Crippen MR) is 93.4 cm³/mol.